The van der Waals surface area contributed by atoms with Gasteiger partial charge in [-0.2, -0.15) is 0 Å². The molecule has 1 aliphatic rings. The molecule has 0 aromatic rings. The van der Waals surface area contributed by atoms with Crippen LogP contribution in [0.3, 0.4) is 0 Å². The van der Waals surface area contributed by atoms with Gasteiger partial charge in [-0.25, -0.2) is 0 Å². The average molecular weight is 229 g/mol. The van der Waals surface area contributed by atoms with Crippen LogP contribution < -0.4 is 5.32 Å². The molecule has 0 radical (unpaired) electrons. The predicted molar refractivity (Wildman–Crippen MR) is 58.0 cm³/mol. The molecule has 0 aliphatic carbocycles. The molecule has 1 saturated heterocycles. The number of amides is 1. The summed E-state index contributed by atoms with van der Waals surface area (Å²) in [7, 11) is 0. The number of carboxylic acids is 1. The van der Waals surface area contributed by atoms with Crippen LogP contribution in [0.25, 0.3) is 0 Å². The lowest BCUT2D eigenvalue weighted by atomic mass is 9.87. The van der Waals surface area contributed by atoms with Crippen molar-refractivity contribution in [2.75, 3.05) is 13.2 Å². The first-order chi connectivity index (χ1) is 7.42. The maximum absolute atomic E-state index is 11.9. The molecule has 1 amide bonds. The van der Waals surface area contributed by atoms with E-state index in [2.05, 4.69) is 5.32 Å². The molecule has 1 heterocycles. The Morgan fingerprint density at radius 2 is 1.94 bits per heavy atom. The third kappa shape index (κ3) is 3.81. The van der Waals surface area contributed by atoms with E-state index < -0.39 is 11.4 Å². The number of nitrogens with one attached hydrogen (secondary N) is 1. The van der Waals surface area contributed by atoms with Crippen molar-refractivity contribution in [3.63, 3.8) is 0 Å². The van der Waals surface area contributed by atoms with Crippen molar-refractivity contribution < 1.29 is 19.4 Å². The number of carbonyl (C=O) groups is 2. The van der Waals surface area contributed by atoms with Gasteiger partial charge in [0.2, 0.25) is 5.91 Å². The van der Waals surface area contributed by atoms with E-state index >= 15 is 0 Å². The fourth-order valence-electron chi connectivity index (χ4n) is 1.68. The number of rotatable bonds is 4. The highest BCUT2D eigenvalue weighted by molar-refractivity contribution is 5.86. The van der Waals surface area contributed by atoms with Gasteiger partial charge in [0.1, 0.15) is 0 Å². The number of ether oxygens (including phenoxy) is 1. The minimum Gasteiger partial charge on any atom is -0.481 e. The molecule has 0 bridgehead atoms. The first-order valence-electron chi connectivity index (χ1n) is 5.52. The van der Waals surface area contributed by atoms with Crippen LogP contribution in [0, 0.1) is 5.41 Å². The number of hydrogen-bond donors (Lipinski definition) is 2. The second-order valence-corrected chi connectivity index (χ2v) is 4.81. The molecule has 16 heavy (non-hydrogen) atoms. The minimum atomic E-state index is -0.952. The smallest absolute Gasteiger partial charge is 0.304 e. The Balaban J connectivity index is 2.46. The van der Waals surface area contributed by atoms with Crippen molar-refractivity contribution >= 4 is 11.9 Å². The first kappa shape index (κ1) is 13.0. The van der Waals surface area contributed by atoms with Gasteiger partial charge in [-0.15, -0.1) is 0 Å². The van der Waals surface area contributed by atoms with Gasteiger partial charge in [0.05, 0.1) is 11.8 Å². The number of aliphatic carboxylic acids is 1. The zero-order valence-electron chi connectivity index (χ0n) is 9.78. The van der Waals surface area contributed by atoms with E-state index in [1.54, 1.807) is 13.8 Å². The Kier molecular flexibility index (Phi) is 4.29. The molecule has 5 heteroatoms. The number of carboxylic acid groups (broad SMARTS) is 1. The second-order valence-electron chi connectivity index (χ2n) is 4.81. The first-order valence-corrected chi connectivity index (χ1v) is 5.52. The van der Waals surface area contributed by atoms with E-state index in [1.165, 1.54) is 0 Å². The van der Waals surface area contributed by atoms with Crippen LogP contribution in [-0.2, 0) is 14.3 Å². The Bertz CT molecular complexity index is 269. The van der Waals surface area contributed by atoms with Gasteiger partial charge < -0.3 is 15.2 Å². The topological polar surface area (TPSA) is 75.6 Å². The van der Waals surface area contributed by atoms with Crippen molar-refractivity contribution in [1.82, 2.24) is 5.32 Å². The monoisotopic (exact) mass is 229 g/mol. The van der Waals surface area contributed by atoms with Gasteiger partial charge in [-0.05, 0) is 12.8 Å². The molecule has 1 rings (SSSR count). The summed E-state index contributed by atoms with van der Waals surface area (Å²) in [4.78, 5) is 22.5. The van der Waals surface area contributed by atoms with Crippen molar-refractivity contribution in [1.29, 1.82) is 0 Å². The van der Waals surface area contributed by atoms with E-state index in [0.29, 0.717) is 13.2 Å². The van der Waals surface area contributed by atoms with Crippen LogP contribution in [0.1, 0.15) is 33.1 Å². The summed E-state index contributed by atoms with van der Waals surface area (Å²) >= 11 is 0. The van der Waals surface area contributed by atoms with Gasteiger partial charge in [-0.3, -0.25) is 9.59 Å². The lowest BCUT2D eigenvalue weighted by molar-refractivity contribution is -0.144. The molecule has 0 spiro atoms. The largest absolute Gasteiger partial charge is 0.481 e. The Morgan fingerprint density at radius 3 is 2.44 bits per heavy atom. The van der Waals surface area contributed by atoms with E-state index in [0.717, 1.165) is 12.8 Å². The normalized spacial score (nSPS) is 18.1. The fourth-order valence-corrected chi connectivity index (χ4v) is 1.68. The molecule has 92 valence electrons. The van der Waals surface area contributed by atoms with Crippen LogP contribution in [0.4, 0.5) is 0 Å². The standard InChI is InChI=1S/C11H19NO4/c1-11(2,7-9(13)14)10(15)12-8-3-5-16-6-4-8/h8H,3-7H2,1-2H3,(H,12,15)(H,13,14). The summed E-state index contributed by atoms with van der Waals surface area (Å²) < 4.78 is 5.19. The van der Waals surface area contributed by atoms with E-state index in [9.17, 15) is 9.59 Å². The quantitative estimate of drug-likeness (QED) is 0.747. The summed E-state index contributed by atoms with van der Waals surface area (Å²) in [6.45, 7) is 4.61. The fraction of sp³-hybridized carbons (Fsp3) is 0.818. The maximum Gasteiger partial charge on any atom is 0.304 e. The molecule has 0 saturated carbocycles. The van der Waals surface area contributed by atoms with Crippen LogP contribution in [-0.4, -0.2) is 36.2 Å². The molecular formula is C11H19NO4. The predicted octanol–water partition coefficient (Wildman–Crippen LogP) is 0.782. The van der Waals surface area contributed by atoms with E-state index in [4.69, 9.17) is 9.84 Å². The summed E-state index contributed by atoms with van der Waals surface area (Å²) in [6.07, 6.45) is 1.45. The van der Waals surface area contributed by atoms with Crippen LogP contribution in [0.2, 0.25) is 0 Å². The van der Waals surface area contributed by atoms with E-state index in [-0.39, 0.29) is 18.4 Å². The third-order valence-corrected chi connectivity index (χ3v) is 2.76. The highest BCUT2D eigenvalue weighted by Crippen LogP contribution is 2.21. The molecule has 2 N–H and O–H groups in total. The van der Waals surface area contributed by atoms with Crippen molar-refractivity contribution in [3.05, 3.63) is 0 Å². The Hall–Kier alpha value is -1.10. The highest BCUT2D eigenvalue weighted by atomic mass is 16.5. The molecule has 0 unspecified atom stereocenters. The van der Waals surface area contributed by atoms with Gasteiger partial charge in [0.25, 0.3) is 0 Å². The molecule has 0 aromatic carbocycles. The van der Waals surface area contributed by atoms with Gasteiger partial charge >= 0.3 is 5.97 Å². The lowest BCUT2D eigenvalue weighted by Crippen LogP contribution is -2.45. The minimum absolute atomic E-state index is 0.120. The number of carbonyl (C=O) groups excluding carboxylic acids is 1. The molecular weight excluding hydrogens is 210 g/mol. The van der Waals surface area contributed by atoms with Crippen molar-refractivity contribution in [2.24, 2.45) is 5.41 Å². The SMILES string of the molecule is CC(C)(CC(=O)O)C(=O)NC1CCOCC1. The maximum atomic E-state index is 11.9. The molecule has 1 fully saturated rings. The average Bonchev–Trinajstić information content (AvgIpc) is 2.17. The van der Waals surface area contributed by atoms with Gasteiger partial charge in [0.15, 0.2) is 0 Å². The van der Waals surface area contributed by atoms with Gasteiger partial charge in [-0.1, -0.05) is 13.8 Å². The Morgan fingerprint density at radius 1 is 1.38 bits per heavy atom. The summed E-state index contributed by atoms with van der Waals surface area (Å²) in [5.74, 6) is -1.14. The van der Waals surface area contributed by atoms with E-state index in [1.807, 2.05) is 0 Å². The lowest BCUT2D eigenvalue weighted by Gasteiger charge is -2.28. The molecule has 1 aliphatic heterocycles. The number of hydrogen-bond acceptors (Lipinski definition) is 3. The Labute approximate surface area is 95.2 Å². The second kappa shape index (κ2) is 5.30. The molecule has 5 nitrogen and oxygen atoms in total. The molecule has 0 atom stereocenters. The summed E-state index contributed by atoms with van der Waals surface area (Å²) in [5, 5.41) is 11.6. The van der Waals surface area contributed by atoms with Crippen molar-refractivity contribution in [2.45, 2.75) is 39.2 Å². The van der Waals surface area contributed by atoms with Crippen LogP contribution in [0.15, 0.2) is 0 Å². The van der Waals surface area contributed by atoms with Crippen molar-refractivity contribution in [3.8, 4) is 0 Å². The molecule has 0 aromatic heterocycles. The van der Waals surface area contributed by atoms with Crippen LogP contribution >= 0.6 is 0 Å². The van der Waals surface area contributed by atoms with Crippen LogP contribution in [0.5, 0.6) is 0 Å². The van der Waals surface area contributed by atoms with Gasteiger partial charge in [0, 0.05) is 19.3 Å². The third-order valence-electron chi connectivity index (χ3n) is 2.76. The summed E-state index contributed by atoms with van der Waals surface area (Å²) in [6, 6.07) is 0.120. The zero-order valence-corrected chi connectivity index (χ0v) is 9.78. The highest BCUT2D eigenvalue weighted by Gasteiger charge is 2.32. The summed E-state index contributed by atoms with van der Waals surface area (Å²) in [5.41, 5.74) is -0.857. The zero-order chi connectivity index (χ0) is 12.2.